The van der Waals surface area contributed by atoms with Gasteiger partial charge in [-0.05, 0) is 80.7 Å². The highest BCUT2D eigenvalue weighted by Gasteiger charge is 2.47. The molecule has 4 fully saturated rings. The number of nitrogens with zero attached hydrogens (tertiary/aromatic N) is 2. The average molecular weight is 468 g/mol. The Hall–Kier alpha value is -2.45. The van der Waals surface area contributed by atoms with Gasteiger partial charge in [0, 0.05) is 44.3 Å². The van der Waals surface area contributed by atoms with Crippen LogP contribution in [0.2, 0.25) is 0 Å². The molecule has 1 N–H and O–H groups in total. The van der Waals surface area contributed by atoms with Gasteiger partial charge in [0.15, 0.2) is 0 Å². The molecule has 34 heavy (non-hydrogen) atoms. The molecular formula is C26H33N3O5. The lowest BCUT2D eigenvalue weighted by molar-refractivity contribution is -0.136. The smallest absolute Gasteiger partial charge is 0.255 e. The second-order valence-electron chi connectivity index (χ2n) is 10.8. The molecule has 3 amide bonds. The molecule has 0 aromatic heterocycles. The monoisotopic (exact) mass is 467 g/mol. The normalized spacial score (nSPS) is 29.6. The fourth-order valence-corrected chi connectivity index (χ4v) is 6.62. The minimum Gasteiger partial charge on any atom is -0.489 e. The first-order chi connectivity index (χ1) is 16.5. The van der Waals surface area contributed by atoms with Crippen LogP contribution in [-0.4, -0.2) is 72.0 Å². The van der Waals surface area contributed by atoms with Gasteiger partial charge in [0.05, 0.1) is 0 Å². The molecular weight excluding hydrogens is 434 g/mol. The van der Waals surface area contributed by atoms with E-state index in [2.05, 4.69) is 10.2 Å². The number of carbonyl (C=O) groups excluding carboxylic acids is 3. The maximum Gasteiger partial charge on any atom is 0.255 e. The van der Waals surface area contributed by atoms with Crippen LogP contribution in [0.15, 0.2) is 18.2 Å². The van der Waals surface area contributed by atoms with E-state index in [1.807, 2.05) is 18.2 Å². The Kier molecular flexibility index (Phi) is 5.60. The van der Waals surface area contributed by atoms with E-state index < -0.39 is 6.04 Å². The molecule has 1 aliphatic carbocycles. The first-order valence-electron chi connectivity index (χ1n) is 12.8. The number of ether oxygens (including phenoxy) is 2. The van der Waals surface area contributed by atoms with Crippen molar-refractivity contribution in [3.05, 3.63) is 29.3 Å². The van der Waals surface area contributed by atoms with E-state index in [1.54, 1.807) is 4.90 Å². The second kappa shape index (κ2) is 8.64. The number of nitrogens with one attached hydrogen (secondary N) is 1. The summed E-state index contributed by atoms with van der Waals surface area (Å²) in [5.41, 5.74) is 2.04. The Labute approximate surface area is 199 Å². The van der Waals surface area contributed by atoms with Crippen molar-refractivity contribution in [2.75, 3.05) is 26.3 Å². The molecule has 0 radical (unpaired) electrons. The van der Waals surface area contributed by atoms with E-state index in [0.717, 1.165) is 50.5 Å². The van der Waals surface area contributed by atoms with Crippen molar-refractivity contribution in [3.63, 3.8) is 0 Å². The summed E-state index contributed by atoms with van der Waals surface area (Å²) in [6.45, 7) is 4.31. The highest BCUT2D eigenvalue weighted by atomic mass is 16.5. The van der Waals surface area contributed by atoms with Crippen LogP contribution in [0.3, 0.4) is 0 Å². The highest BCUT2D eigenvalue weighted by Crippen LogP contribution is 2.51. The predicted molar refractivity (Wildman–Crippen MR) is 123 cm³/mol. The number of piperidine rings is 2. The van der Waals surface area contributed by atoms with E-state index in [0.29, 0.717) is 30.0 Å². The standard InChI is InChI=1S/C26H33N3O5/c30-23-6-5-22(24(31)27-23)29-15-17-12-19(3-4-21(17)25(29)32)34-20-2-1-9-28(16-20)18-13-26(14-18)7-10-33-11-8-26/h3-4,12,18,20,22H,1-2,5-11,13-16H2,(H,27,30,31)/t20-,22?/m1/s1. The first kappa shape index (κ1) is 22.0. The summed E-state index contributed by atoms with van der Waals surface area (Å²) in [5.74, 6) is -0.00731. The number of hydrogen-bond acceptors (Lipinski definition) is 6. The third-order valence-corrected chi connectivity index (χ3v) is 8.61. The van der Waals surface area contributed by atoms with Crippen molar-refractivity contribution in [2.45, 2.75) is 76.1 Å². The summed E-state index contributed by atoms with van der Waals surface area (Å²) >= 11 is 0. The summed E-state index contributed by atoms with van der Waals surface area (Å²) in [6, 6.07) is 5.74. The molecule has 1 aromatic rings. The molecule has 182 valence electrons. The number of carbonyl (C=O) groups is 3. The van der Waals surface area contributed by atoms with E-state index in [1.165, 1.54) is 25.7 Å². The molecule has 0 bridgehead atoms. The minimum absolute atomic E-state index is 0.146. The number of hydrogen-bond donors (Lipinski definition) is 1. The van der Waals surface area contributed by atoms with Crippen LogP contribution in [0.1, 0.15) is 67.3 Å². The fourth-order valence-electron chi connectivity index (χ4n) is 6.62. The van der Waals surface area contributed by atoms with Crippen LogP contribution in [0, 0.1) is 5.41 Å². The summed E-state index contributed by atoms with van der Waals surface area (Å²) in [4.78, 5) is 40.9. The molecule has 1 saturated carbocycles. The quantitative estimate of drug-likeness (QED) is 0.684. The van der Waals surface area contributed by atoms with Crippen LogP contribution < -0.4 is 10.1 Å². The van der Waals surface area contributed by atoms with Crippen molar-refractivity contribution in [1.29, 1.82) is 0 Å². The van der Waals surface area contributed by atoms with Crippen LogP contribution in [0.25, 0.3) is 0 Å². The summed E-state index contributed by atoms with van der Waals surface area (Å²) < 4.78 is 12.0. The Morgan fingerprint density at radius 2 is 1.91 bits per heavy atom. The SMILES string of the molecule is O=C1CCC(N2Cc3cc(O[C@@H]4CCCN(C5CC6(CCOCC6)C5)C4)ccc3C2=O)C(=O)N1. The molecule has 5 aliphatic rings. The van der Waals surface area contributed by atoms with Gasteiger partial charge in [0.25, 0.3) is 5.91 Å². The van der Waals surface area contributed by atoms with Gasteiger partial charge in [-0.3, -0.25) is 24.6 Å². The number of imide groups is 1. The maximum absolute atomic E-state index is 12.9. The lowest BCUT2D eigenvalue weighted by Gasteiger charge is -2.55. The molecule has 8 nitrogen and oxygen atoms in total. The lowest BCUT2D eigenvalue weighted by atomic mass is 9.60. The molecule has 3 saturated heterocycles. The summed E-state index contributed by atoms with van der Waals surface area (Å²) in [5, 5.41) is 2.35. The van der Waals surface area contributed by atoms with Gasteiger partial charge in [0.2, 0.25) is 11.8 Å². The zero-order valence-corrected chi connectivity index (χ0v) is 19.6. The second-order valence-corrected chi connectivity index (χ2v) is 10.8. The number of likely N-dealkylation sites (tertiary alicyclic amines) is 1. The number of benzene rings is 1. The molecule has 4 heterocycles. The Bertz CT molecular complexity index is 996. The molecule has 8 heteroatoms. The Morgan fingerprint density at radius 1 is 1.09 bits per heavy atom. The minimum atomic E-state index is -0.588. The zero-order valence-electron chi connectivity index (χ0n) is 19.6. The van der Waals surface area contributed by atoms with E-state index in [-0.39, 0.29) is 30.2 Å². The molecule has 2 atom stereocenters. The molecule has 6 rings (SSSR count). The lowest BCUT2D eigenvalue weighted by Crippen LogP contribution is -2.56. The number of fused-ring (bicyclic) bond motifs is 1. The van der Waals surface area contributed by atoms with Crippen molar-refractivity contribution < 1.29 is 23.9 Å². The summed E-state index contributed by atoms with van der Waals surface area (Å²) in [6.07, 6.45) is 7.98. The maximum atomic E-state index is 12.9. The average Bonchev–Trinajstić information content (AvgIpc) is 3.13. The third-order valence-electron chi connectivity index (χ3n) is 8.61. The highest BCUT2D eigenvalue weighted by molar-refractivity contribution is 6.05. The van der Waals surface area contributed by atoms with Gasteiger partial charge >= 0.3 is 0 Å². The Balaban J connectivity index is 1.07. The van der Waals surface area contributed by atoms with E-state index in [9.17, 15) is 14.4 Å². The largest absolute Gasteiger partial charge is 0.489 e. The van der Waals surface area contributed by atoms with Gasteiger partial charge in [-0.25, -0.2) is 0 Å². The third kappa shape index (κ3) is 4.01. The van der Waals surface area contributed by atoms with E-state index >= 15 is 0 Å². The van der Waals surface area contributed by atoms with Crippen LogP contribution in [-0.2, 0) is 20.9 Å². The molecule has 1 spiro atoms. The first-order valence-corrected chi connectivity index (χ1v) is 12.8. The molecule has 1 aromatic carbocycles. The fraction of sp³-hybridized carbons (Fsp3) is 0.654. The van der Waals surface area contributed by atoms with Gasteiger partial charge in [0.1, 0.15) is 17.9 Å². The van der Waals surface area contributed by atoms with Crippen LogP contribution >= 0.6 is 0 Å². The zero-order chi connectivity index (χ0) is 23.3. The van der Waals surface area contributed by atoms with Crippen LogP contribution in [0.5, 0.6) is 5.75 Å². The van der Waals surface area contributed by atoms with Crippen molar-refractivity contribution in [3.8, 4) is 5.75 Å². The van der Waals surface area contributed by atoms with Gasteiger partial charge in [-0.1, -0.05) is 0 Å². The van der Waals surface area contributed by atoms with Gasteiger partial charge in [-0.15, -0.1) is 0 Å². The predicted octanol–water partition coefficient (Wildman–Crippen LogP) is 2.25. The van der Waals surface area contributed by atoms with Gasteiger partial charge in [-0.2, -0.15) is 0 Å². The van der Waals surface area contributed by atoms with Crippen molar-refractivity contribution >= 4 is 17.7 Å². The van der Waals surface area contributed by atoms with Gasteiger partial charge < -0.3 is 14.4 Å². The Morgan fingerprint density at radius 3 is 2.71 bits per heavy atom. The van der Waals surface area contributed by atoms with Crippen LogP contribution in [0.4, 0.5) is 0 Å². The summed E-state index contributed by atoms with van der Waals surface area (Å²) in [7, 11) is 0. The van der Waals surface area contributed by atoms with Crippen molar-refractivity contribution in [2.24, 2.45) is 5.41 Å². The van der Waals surface area contributed by atoms with E-state index in [4.69, 9.17) is 9.47 Å². The number of amides is 3. The molecule has 4 aliphatic heterocycles. The number of rotatable bonds is 4. The topological polar surface area (TPSA) is 88.2 Å². The molecule has 1 unspecified atom stereocenters. The van der Waals surface area contributed by atoms with Crippen molar-refractivity contribution in [1.82, 2.24) is 15.1 Å².